The van der Waals surface area contributed by atoms with Crippen molar-refractivity contribution in [2.75, 3.05) is 0 Å². The second-order valence-electron chi connectivity index (χ2n) is 4.29. The van der Waals surface area contributed by atoms with Crippen LogP contribution in [0.25, 0.3) is 0 Å². The largest absolute Gasteiger partial charge is 0.0956 e. The van der Waals surface area contributed by atoms with E-state index in [4.69, 9.17) is 0 Å². The molecule has 0 radical (unpaired) electrons. The van der Waals surface area contributed by atoms with Crippen LogP contribution in [0.2, 0.25) is 0 Å². The molecular formula is C13H18. The smallest absolute Gasteiger partial charge is 0.0273 e. The molecule has 70 valence electrons. The van der Waals surface area contributed by atoms with Gasteiger partial charge in [0.2, 0.25) is 0 Å². The summed E-state index contributed by atoms with van der Waals surface area (Å²) in [6.07, 6.45) is 10.2. The normalized spacial score (nSPS) is 26.5. The van der Waals surface area contributed by atoms with E-state index in [0.717, 1.165) is 0 Å². The van der Waals surface area contributed by atoms with Crippen molar-refractivity contribution in [1.82, 2.24) is 0 Å². The van der Waals surface area contributed by atoms with Crippen molar-refractivity contribution in [3.05, 3.63) is 34.9 Å². The van der Waals surface area contributed by atoms with Crippen LogP contribution >= 0.6 is 0 Å². The van der Waals surface area contributed by atoms with Crippen molar-refractivity contribution in [2.45, 2.75) is 45.4 Å². The van der Waals surface area contributed by atoms with Crippen molar-refractivity contribution in [3.8, 4) is 0 Å². The molecule has 0 saturated heterocycles. The summed E-state index contributed by atoms with van der Waals surface area (Å²) in [5, 5.41) is 0. The predicted octanol–water partition coefficient (Wildman–Crippen LogP) is 4.15. The summed E-state index contributed by atoms with van der Waals surface area (Å²) in [6.45, 7) is 6.39. The van der Waals surface area contributed by atoms with Crippen LogP contribution in [0.15, 0.2) is 34.9 Å². The highest BCUT2D eigenvalue weighted by molar-refractivity contribution is 5.41. The lowest BCUT2D eigenvalue weighted by atomic mass is 10.1. The molecule has 0 aliphatic heterocycles. The van der Waals surface area contributed by atoms with Crippen molar-refractivity contribution in [3.63, 3.8) is 0 Å². The third-order valence-corrected chi connectivity index (χ3v) is 3.27. The van der Waals surface area contributed by atoms with E-state index < -0.39 is 0 Å². The van der Waals surface area contributed by atoms with Crippen LogP contribution in [0.3, 0.4) is 0 Å². The molecule has 0 aromatic heterocycles. The van der Waals surface area contributed by atoms with E-state index in [0.29, 0.717) is 0 Å². The van der Waals surface area contributed by atoms with Crippen LogP contribution in [-0.2, 0) is 0 Å². The minimum atomic E-state index is 1.22. The van der Waals surface area contributed by atoms with Gasteiger partial charge in [0, 0.05) is 0 Å². The molecule has 0 heterocycles. The summed E-state index contributed by atoms with van der Waals surface area (Å²) in [5.74, 6) is 0. The zero-order valence-corrected chi connectivity index (χ0v) is 8.53. The van der Waals surface area contributed by atoms with Gasteiger partial charge < -0.3 is 0 Å². The number of allylic oxidation sites excluding steroid dienone is 5. The molecule has 0 N–H and O–H groups in total. The monoisotopic (exact) mass is 174 g/mol. The van der Waals surface area contributed by atoms with Crippen LogP contribution in [0, 0.1) is 0 Å². The number of hydrogen-bond donors (Lipinski definition) is 0. The maximum Gasteiger partial charge on any atom is -0.0273 e. The predicted molar refractivity (Wildman–Crippen MR) is 57.6 cm³/mol. The zero-order chi connectivity index (χ0) is 9.26. The minimum absolute atomic E-state index is 1.22. The lowest BCUT2D eigenvalue weighted by Crippen LogP contribution is -1.80. The Hall–Kier alpha value is -0.780. The fourth-order valence-electron chi connectivity index (χ4n) is 2.33. The molecule has 0 aromatic carbocycles. The zero-order valence-electron chi connectivity index (χ0n) is 8.53. The van der Waals surface area contributed by atoms with E-state index in [1.807, 2.05) is 0 Å². The quantitative estimate of drug-likeness (QED) is 0.560. The third-order valence-electron chi connectivity index (χ3n) is 3.27. The first-order chi connectivity index (χ1) is 6.27. The Kier molecular flexibility index (Phi) is 2.39. The van der Waals surface area contributed by atoms with Crippen LogP contribution < -0.4 is 0 Å². The number of hydrogen-bond acceptors (Lipinski definition) is 0. The molecule has 0 nitrogen and oxygen atoms in total. The van der Waals surface area contributed by atoms with E-state index in [1.165, 1.54) is 49.7 Å². The van der Waals surface area contributed by atoms with Crippen LogP contribution in [0.1, 0.15) is 45.4 Å². The van der Waals surface area contributed by atoms with Gasteiger partial charge in [0.1, 0.15) is 0 Å². The Bertz CT molecular complexity index is 289. The van der Waals surface area contributed by atoms with Crippen molar-refractivity contribution in [2.24, 2.45) is 0 Å². The Morgan fingerprint density at radius 2 is 1.85 bits per heavy atom. The Labute approximate surface area is 81.0 Å². The minimum Gasteiger partial charge on any atom is -0.0956 e. The third kappa shape index (κ3) is 1.77. The molecular weight excluding hydrogens is 156 g/mol. The van der Waals surface area contributed by atoms with Crippen LogP contribution in [-0.4, -0.2) is 0 Å². The first kappa shape index (κ1) is 8.80. The molecule has 1 saturated carbocycles. The fourth-order valence-corrected chi connectivity index (χ4v) is 2.33. The summed E-state index contributed by atoms with van der Waals surface area (Å²) < 4.78 is 0. The maximum absolute atomic E-state index is 4.11. The highest BCUT2D eigenvalue weighted by Gasteiger charge is 2.14. The molecule has 0 atom stereocenters. The van der Waals surface area contributed by atoms with E-state index in [-0.39, 0.29) is 0 Å². The van der Waals surface area contributed by atoms with Gasteiger partial charge in [-0.3, -0.25) is 0 Å². The molecule has 2 aliphatic carbocycles. The topological polar surface area (TPSA) is 0 Å². The fraction of sp³-hybridized carbons (Fsp3) is 0.538. The summed E-state index contributed by atoms with van der Waals surface area (Å²) in [5.41, 5.74) is 6.11. The standard InChI is InChI=1S/C13H18/c1-10-5-3-7-12(10)9-13-8-4-6-11(13)2/h9H,1,3-8H2,2H3/b12-9-. The second kappa shape index (κ2) is 3.53. The van der Waals surface area contributed by atoms with Gasteiger partial charge in [0.05, 0.1) is 0 Å². The molecule has 0 unspecified atom stereocenters. The highest BCUT2D eigenvalue weighted by atomic mass is 14.2. The molecule has 1 fully saturated rings. The summed E-state index contributed by atoms with van der Waals surface area (Å²) in [6, 6.07) is 0. The van der Waals surface area contributed by atoms with E-state index in [2.05, 4.69) is 19.6 Å². The van der Waals surface area contributed by atoms with Crippen LogP contribution in [0.5, 0.6) is 0 Å². The Morgan fingerprint density at radius 3 is 2.38 bits per heavy atom. The first-order valence-electron chi connectivity index (χ1n) is 5.35. The molecule has 2 rings (SSSR count). The van der Waals surface area contributed by atoms with Gasteiger partial charge in [-0.05, 0) is 56.6 Å². The average Bonchev–Trinajstić information content (AvgIpc) is 2.65. The van der Waals surface area contributed by atoms with Crippen molar-refractivity contribution in [1.29, 1.82) is 0 Å². The van der Waals surface area contributed by atoms with Gasteiger partial charge in [-0.2, -0.15) is 0 Å². The molecule has 0 spiro atoms. The van der Waals surface area contributed by atoms with Gasteiger partial charge in [0.25, 0.3) is 0 Å². The molecule has 0 aromatic rings. The van der Waals surface area contributed by atoms with E-state index >= 15 is 0 Å². The molecule has 0 bridgehead atoms. The van der Waals surface area contributed by atoms with Gasteiger partial charge >= 0.3 is 0 Å². The highest BCUT2D eigenvalue weighted by Crippen LogP contribution is 2.33. The van der Waals surface area contributed by atoms with E-state index in [1.54, 1.807) is 11.1 Å². The average molecular weight is 174 g/mol. The molecule has 0 heteroatoms. The van der Waals surface area contributed by atoms with Gasteiger partial charge in [-0.25, -0.2) is 0 Å². The first-order valence-corrected chi connectivity index (χ1v) is 5.35. The van der Waals surface area contributed by atoms with E-state index in [9.17, 15) is 0 Å². The van der Waals surface area contributed by atoms with Gasteiger partial charge in [-0.15, -0.1) is 0 Å². The Morgan fingerprint density at radius 1 is 1.08 bits per heavy atom. The van der Waals surface area contributed by atoms with Gasteiger partial charge in [-0.1, -0.05) is 23.8 Å². The Balaban J connectivity index is 2.19. The summed E-state index contributed by atoms with van der Waals surface area (Å²) in [4.78, 5) is 0. The lowest BCUT2D eigenvalue weighted by molar-refractivity contribution is 0.897. The van der Waals surface area contributed by atoms with Crippen molar-refractivity contribution >= 4 is 0 Å². The van der Waals surface area contributed by atoms with Gasteiger partial charge in [0.15, 0.2) is 0 Å². The van der Waals surface area contributed by atoms with Crippen molar-refractivity contribution < 1.29 is 0 Å². The molecule has 13 heavy (non-hydrogen) atoms. The SMILES string of the molecule is C=C1CCC/C1=C/C1=C(C)CCC1. The molecule has 0 amide bonds. The summed E-state index contributed by atoms with van der Waals surface area (Å²) >= 11 is 0. The lowest BCUT2D eigenvalue weighted by Gasteiger charge is -2.01. The maximum atomic E-state index is 4.11. The second-order valence-corrected chi connectivity index (χ2v) is 4.29. The van der Waals surface area contributed by atoms with Crippen LogP contribution in [0.4, 0.5) is 0 Å². The summed E-state index contributed by atoms with van der Waals surface area (Å²) in [7, 11) is 0. The number of rotatable bonds is 1. The molecule has 2 aliphatic rings.